The highest BCUT2D eigenvalue weighted by atomic mass is 32.2. The average molecular weight is 574 g/mol. The highest BCUT2D eigenvalue weighted by Crippen LogP contribution is 2.26. The van der Waals surface area contributed by atoms with Crippen LogP contribution in [0.15, 0.2) is 59.6 Å². The van der Waals surface area contributed by atoms with Crippen molar-refractivity contribution in [3.63, 3.8) is 0 Å². The van der Waals surface area contributed by atoms with Crippen LogP contribution in [0.25, 0.3) is 22.3 Å². The summed E-state index contributed by atoms with van der Waals surface area (Å²) in [6.07, 6.45) is 3.69. The van der Waals surface area contributed by atoms with Gasteiger partial charge in [0.05, 0.1) is 46.2 Å². The van der Waals surface area contributed by atoms with Gasteiger partial charge in [0.25, 0.3) is 5.91 Å². The summed E-state index contributed by atoms with van der Waals surface area (Å²) in [5.74, 6) is 0.287. The fourth-order valence-corrected chi connectivity index (χ4v) is 5.97. The lowest BCUT2D eigenvalue weighted by atomic mass is 10.1. The van der Waals surface area contributed by atoms with Crippen molar-refractivity contribution in [3.8, 4) is 11.4 Å². The van der Waals surface area contributed by atoms with Crippen molar-refractivity contribution < 1.29 is 22.7 Å². The molecule has 4 aromatic rings. The van der Waals surface area contributed by atoms with Crippen LogP contribution in [0.1, 0.15) is 45.8 Å². The Morgan fingerprint density at radius 2 is 1.80 bits per heavy atom. The van der Waals surface area contributed by atoms with Gasteiger partial charge in [-0.3, -0.25) is 14.6 Å². The van der Waals surface area contributed by atoms with Crippen molar-refractivity contribution in [1.82, 2.24) is 20.3 Å². The number of amides is 1. The maximum atomic E-state index is 12.8. The Bertz CT molecular complexity index is 1750. The summed E-state index contributed by atoms with van der Waals surface area (Å²) in [5, 5.41) is 3.61. The smallest absolute Gasteiger partial charge is 0.251 e. The number of aryl methyl sites for hydroxylation is 1. The monoisotopic (exact) mass is 573 g/mol. The molecule has 5 rings (SSSR count). The topological polar surface area (TPSA) is 131 Å². The second-order valence-electron chi connectivity index (χ2n) is 10.4. The van der Waals surface area contributed by atoms with Crippen LogP contribution in [-0.4, -0.2) is 67.1 Å². The predicted octanol–water partition coefficient (Wildman–Crippen LogP) is 3.76. The van der Waals surface area contributed by atoms with E-state index >= 15 is 0 Å². The molecule has 11 heteroatoms. The quantitative estimate of drug-likeness (QED) is 0.328. The van der Waals surface area contributed by atoms with E-state index in [0.29, 0.717) is 52.6 Å². The van der Waals surface area contributed by atoms with Crippen molar-refractivity contribution in [1.29, 1.82) is 0 Å². The van der Waals surface area contributed by atoms with Crippen molar-refractivity contribution in [3.05, 3.63) is 77.1 Å². The standard InChI is InChI=1S/C30H31N5O5S/c1-18-5-6-22(11-28(18)41(4,38)39)30(37)32-14-24-12-26-23(13-31-24)7-8-25(33-26)27-9-21(17-36)10-29(34-27)35-15-19(2)40-20(3)16-35/h5-13,17,19-20H,14-16H2,1-4H3,(H,32,37)/t19-,20+. The van der Waals surface area contributed by atoms with Crippen LogP contribution in [0.5, 0.6) is 0 Å². The molecule has 3 aromatic heterocycles. The van der Waals surface area contributed by atoms with Gasteiger partial charge in [-0.2, -0.15) is 0 Å². The van der Waals surface area contributed by atoms with Gasteiger partial charge in [-0.15, -0.1) is 0 Å². The number of hydrogen-bond donors (Lipinski definition) is 1. The average Bonchev–Trinajstić information content (AvgIpc) is 2.94. The van der Waals surface area contributed by atoms with Crippen LogP contribution in [0, 0.1) is 6.92 Å². The van der Waals surface area contributed by atoms with E-state index in [9.17, 15) is 18.0 Å². The minimum absolute atomic E-state index is 0.0434. The van der Waals surface area contributed by atoms with E-state index in [1.165, 1.54) is 6.07 Å². The lowest BCUT2D eigenvalue weighted by molar-refractivity contribution is -0.00545. The first-order chi connectivity index (χ1) is 19.5. The molecule has 10 nitrogen and oxygen atoms in total. The van der Waals surface area contributed by atoms with E-state index in [0.717, 1.165) is 17.9 Å². The molecule has 0 spiro atoms. The van der Waals surface area contributed by atoms with Crippen LogP contribution in [0.4, 0.5) is 5.82 Å². The molecule has 212 valence electrons. The number of nitrogens with one attached hydrogen (secondary N) is 1. The van der Waals surface area contributed by atoms with Gasteiger partial charge < -0.3 is 15.0 Å². The number of hydrogen-bond acceptors (Lipinski definition) is 9. The molecule has 1 N–H and O–H groups in total. The van der Waals surface area contributed by atoms with Gasteiger partial charge in [-0.1, -0.05) is 6.07 Å². The number of benzene rings is 1. The molecule has 0 saturated carbocycles. The largest absolute Gasteiger partial charge is 0.372 e. The maximum absolute atomic E-state index is 12.8. The summed E-state index contributed by atoms with van der Waals surface area (Å²) in [7, 11) is -3.46. The number of aldehydes is 1. The molecule has 4 heterocycles. The Balaban J connectivity index is 1.39. The maximum Gasteiger partial charge on any atom is 0.251 e. The highest BCUT2D eigenvalue weighted by molar-refractivity contribution is 7.90. The number of ether oxygens (including phenoxy) is 1. The number of pyridine rings is 3. The highest BCUT2D eigenvalue weighted by Gasteiger charge is 2.24. The van der Waals surface area contributed by atoms with Crippen LogP contribution >= 0.6 is 0 Å². The van der Waals surface area contributed by atoms with E-state index in [-0.39, 0.29) is 29.2 Å². The van der Waals surface area contributed by atoms with Crippen molar-refractivity contribution in [2.75, 3.05) is 24.2 Å². The molecule has 0 radical (unpaired) electrons. The summed E-state index contributed by atoms with van der Waals surface area (Å²) in [5.41, 5.74) is 3.75. The third-order valence-corrected chi connectivity index (χ3v) is 8.13. The van der Waals surface area contributed by atoms with Gasteiger partial charge in [0.15, 0.2) is 9.84 Å². The van der Waals surface area contributed by atoms with Gasteiger partial charge in [0, 0.05) is 42.1 Å². The van der Waals surface area contributed by atoms with Crippen molar-refractivity contribution in [2.45, 2.75) is 44.4 Å². The van der Waals surface area contributed by atoms with E-state index in [1.54, 1.807) is 43.5 Å². The molecule has 1 fully saturated rings. The van der Waals surface area contributed by atoms with Crippen LogP contribution < -0.4 is 10.2 Å². The summed E-state index contributed by atoms with van der Waals surface area (Å²) in [4.78, 5) is 40.8. The second-order valence-corrected chi connectivity index (χ2v) is 12.4. The SMILES string of the molecule is Cc1ccc(C(=O)NCc2cc3nc(-c4cc(C=O)cc(N5C[C@@H](C)O[C@@H](C)C5)n4)ccc3cn2)cc1S(C)(=O)=O. The normalized spacial score (nSPS) is 17.4. The Morgan fingerprint density at radius 3 is 2.51 bits per heavy atom. The molecular weight excluding hydrogens is 542 g/mol. The zero-order valence-corrected chi connectivity index (χ0v) is 24.1. The fraction of sp³-hybridized carbons (Fsp3) is 0.300. The Kier molecular flexibility index (Phi) is 7.83. The molecule has 41 heavy (non-hydrogen) atoms. The second kappa shape index (κ2) is 11.3. The van der Waals surface area contributed by atoms with Crippen LogP contribution in [0.2, 0.25) is 0 Å². The zero-order valence-electron chi connectivity index (χ0n) is 23.3. The Hall–Kier alpha value is -4.22. The van der Waals surface area contributed by atoms with Gasteiger partial charge in [-0.05, 0) is 68.8 Å². The van der Waals surface area contributed by atoms with Crippen LogP contribution in [0.3, 0.4) is 0 Å². The first-order valence-corrected chi connectivity index (χ1v) is 15.1. The lowest BCUT2D eigenvalue weighted by Gasteiger charge is -2.36. The summed E-state index contributed by atoms with van der Waals surface area (Å²) in [6, 6.07) is 13.6. The third-order valence-electron chi connectivity index (χ3n) is 6.89. The number of carbonyl (C=O) groups excluding carboxylic acids is 2. The lowest BCUT2D eigenvalue weighted by Crippen LogP contribution is -2.45. The summed E-state index contributed by atoms with van der Waals surface area (Å²) in [6.45, 7) is 7.18. The van der Waals surface area contributed by atoms with E-state index in [2.05, 4.69) is 15.2 Å². The number of aromatic nitrogens is 3. The van der Waals surface area contributed by atoms with Gasteiger partial charge in [0.2, 0.25) is 0 Å². The number of carbonyl (C=O) groups is 2. The number of anilines is 1. The molecule has 0 aliphatic carbocycles. The van der Waals surface area contributed by atoms with Crippen molar-refractivity contribution in [2.24, 2.45) is 0 Å². The molecule has 1 aromatic carbocycles. The minimum atomic E-state index is -3.46. The van der Waals surface area contributed by atoms with E-state index < -0.39 is 15.7 Å². The van der Waals surface area contributed by atoms with Gasteiger partial charge in [0.1, 0.15) is 12.1 Å². The Labute approximate surface area is 238 Å². The minimum Gasteiger partial charge on any atom is -0.372 e. The summed E-state index contributed by atoms with van der Waals surface area (Å²) < 4.78 is 29.9. The third kappa shape index (κ3) is 6.41. The molecule has 1 aliphatic heterocycles. The molecule has 1 saturated heterocycles. The first-order valence-electron chi connectivity index (χ1n) is 13.2. The number of fused-ring (bicyclic) bond motifs is 1. The number of morpholine rings is 1. The molecule has 0 unspecified atom stereocenters. The van der Waals surface area contributed by atoms with Crippen molar-refractivity contribution >= 4 is 38.8 Å². The zero-order chi connectivity index (χ0) is 29.3. The van der Waals surface area contributed by atoms with Crippen LogP contribution in [-0.2, 0) is 21.1 Å². The fourth-order valence-electron chi connectivity index (χ4n) is 4.97. The Morgan fingerprint density at radius 1 is 1.05 bits per heavy atom. The predicted molar refractivity (Wildman–Crippen MR) is 156 cm³/mol. The number of nitrogens with zero attached hydrogens (tertiary/aromatic N) is 4. The molecule has 2 atom stereocenters. The number of sulfone groups is 1. The van der Waals surface area contributed by atoms with Gasteiger partial charge in [-0.25, -0.2) is 18.4 Å². The molecule has 0 bridgehead atoms. The summed E-state index contributed by atoms with van der Waals surface area (Å²) >= 11 is 0. The van der Waals surface area contributed by atoms with E-state index in [1.807, 2.05) is 26.0 Å². The molecular formula is C30H31N5O5S. The molecule has 1 aliphatic rings. The van der Waals surface area contributed by atoms with E-state index in [4.69, 9.17) is 14.7 Å². The first kappa shape index (κ1) is 28.3. The number of rotatable bonds is 7. The molecule has 1 amide bonds. The van der Waals surface area contributed by atoms with Gasteiger partial charge >= 0.3 is 0 Å².